The van der Waals surface area contributed by atoms with E-state index < -0.39 is 0 Å². The molecule has 1 aromatic carbocycles. The third-order valence-corrected chi connectivity index (χ3v) is 5.31. The molecule has 1 heterocycles. The number of halogens is 1. The largest absolute Gasteiger partial charge is 0.368 e. The van der Waals surface area contributed by atoms with Crippen LogP contribution in [0.15, 0.2) is 24.3 Å². The molecule has 28 heavy (non-hydrogen) atoms. The number of rotatable bonds is 7. The lowest BCUT2D eigenvalue weighted by molar-refractivity contribution is -0.124. The number of amides is 2. The molecule has 2 amide bonds. The monoisotopic (exact) mass is 409 g/mol. The van der Waals surface area contributed by atoms with Crippen molar-refractivity contribution in [3.8, 4) is 0 Å². The third-order valence-electron chi connectivity index (χ3n) is 5.31. The fourth-order valence-corrected chi connectivity index (χ4v) is 3.78. The van der Waals surface area contributed by atoms with E-state index in [1.165, 1.54) is 38.5 Å². The summed E-state index contributed by atoms with van der Waals surface area (Å²) in [5.41, 5.74) is 1.18. The molecular weight excluding hydrogens is 378 g/mol. The Morgan fingerprint density at radius 1 is 1.00 bits per heavy atom. The summed E-state index contributed by atoms with van der Waals surface area (Å²) >= 11 is 0. The van der Waals surface area contributed by atoms with Crippen molar-refractivity contribution in [2.75, 3.05) is 25.0 Å². The topological polar surface area (TPSA) is 79.5 Å². The smallest absolute Gasteiger partial charge is 0.253 e. The molecule has 0 radical (unpaired) electrons. The van der Waals surface area contributed by atoms with Crippen LogP contribution in [0.4, 0.5) is 5.69 Å². The first-order chi connectivity index (χ1) is 13.2. The Hall–Kier alpha value is -1.63. The first kappa shape index (κ1) is 22.7. The molecule has 1 unspecified atom stereocenters. The Morgan fingerprint density at radius 3 is 2.50 bits per heavy atom. The van der Waals surface area contributed by atoms with E-state index in [-0.39, 0.29) is 30.3 Å². The maximum Gasteiger partial charge on any atom is 0.253 e. The summed E-state index contributed by atoms with van der Waals surface area (Å²) < 4.78 is 5.39. The van der Waals surface area contributed by atoms with Crippen LogP contribution < -0.4 is 16.0 Å². The summed E-state index contributed by atoms with van der Waals surface area (Å²) in [6.45, 7) is 2.02. The molecule has 7 heteroatoms. The maximum absolute atomic E-state index is 12.4. The highest BCUT2D eigenvalue weighted by molar-refractivity contribution is 5.98. The summed E-state index contributed by atoms with van der Waals surface area (Å²) in [4.78, 5) is 24.5. The molecule has 0 spiro atoms. The van der Waals surface area contributed by atoms with E-state index in [9.17, 15) is 9.59 Å². The second-order valence-electron chi connectivity index (χ2n) is 7.47. The highest BCUT2D eigenvalue weighted by Crippen LogP contribution is 2.17. The first-order valence-electron chi connectivity index (χ1n) is 10.3. The second kappa shape index (κ2) is 12.0. The first-order valence-corrected chi connectivity index (χ1v) is 10.3. The Kier molecular flexibility index (Phi) is 9.75. The highest BCUT2D eigenvalue weighted by atomic mass is 35.5. The molecule has 1 aromatic rings. The molecule has 6 nitrogen and oxygen atoms in total. The minimum atomic E-state index is -0.377. The predicted molar refractivity (Wildman–Crippen MR) is 113 cm³/mol. The van der Waals surface area contributed by atoms with Crippen LogP contribution in [0.5, 0.6) is 0 Å². The highest BCUT2D eigenvalue weighted by Gasteiger charge is 2.23. The summed E-state index contributed by atoms with van der Waals surface area (Å²) in [5.74, 6) is -0.261. The van der Waals surface area contributed by atoms with E-state index in [1.54, 1.807) is 24.3 Å². The average Bonchev–Trinajstić information content (AvgIpc) is 3.10. The summed E-state index contributed by atoms with van der Waals surface area (Å²) in [6, 6.07) is 7.62. The second-order valence-corrected chi connectivity index (χ2v) is 7.47. The molecule has 1 saturated heterocycles. The van der Waals surface area contributed by atoms with Gasteiger partial charge in [0.15, 0.2) is 0 Å². The Labute approximate surface area is 173 Å². The van der Waals surface area contributed by atoms with Crippen LogP contribution in [0.3, 0.4) is 0 Å². The lowest BCUT2D eigenvalue weighted by Gasteiger charge is -2.16. The lowest BCUT2D eigenvalue weighted by Crippen LogP contribution is -2.36. The molecule has 1 aliphatic heterocycles. The van der Waals surface area contributed by atoms with Gasteiger partial charge >= 0.3 is 0 Å². The molecule has 2 aliphatic rings. The number of benzene rings is 1. The van der Waals surface area contributed by atoms with Gasteiger partial charge in [-0.15, -0.1) is 12.4 Å². The van der Waals surface area contributed by atoms with Crippen LogP contribution in [-0.4, -0.2) is 43.7 Å². The molecular formula is C21H32ClN3O3. The van der Waals surface area contributed by atoms with Crippen LogP contribution in [0.2, 0.25) is 0 Å². The fraction of sp³-hybridized carbons (Fsp3) is 0.619. The van der Waals surface area contributed by atoms with Crippen molar-refractivity contribution in [2.24, 2.45) is 0 Å². The van der Waals surface area contributed by atoms with Crippen LogP contribution in [-0.2, 0) is 9.53 Å². The summed E-state index contributed by atoms with van der Waals surface area (Å²) in [7, 11) is 0. The maximum atomic E-state index is 12.4. The molecule has 156 valence electrons. The van der Waals surface area contributed by atoms with Crippen LogP contribution in [0, 0.1) is 0 Å². The van der Waals surface area contributed by atoms with E-state index in [4.69, 9.17) is 4.74 Å². The normalized spacial score (nSPS) is 20.1. The quantitative estimate of drug-likeness (QED) is 0.477. The van der Waals surface area contributed by atoms with E-state index in [0.29, 0.717) is 30.4 Å². The Bertz CT molecular complexity index is 627. The van der Waals surface area contributed by atoms with E-state index in [1.807, 2.05) is 0 Å². The van der Waals surface area contributed by atoms with Gasteiger partial charge in [-0.2, -0.15) is 0 Å². The van der Waals surface area contributed by atoms with Crippen molar-refractivity contribution in [1.82, 2.24) is 10.6 Å². The molecule has 2 fully saturated rings. The molecule has 1 atom stereocenters. The molecule has 3 rings (SSSR count). The number of hydrogen-bond donors (Lipinski definition) is 3. The van der Waals surface area contributed by atoms with Crippen LogP contribution in [0.1, 0.15) is 61.7 Å². The van der Waals surface area contributed by atoms with Gasteiger partial charge in [0.05, 0.1) is 0 Å². The molecule has 3 N–H and O–H groups in total. The van der Waals surface area contributed by atoms with Crippen LogP contribution >= 0.6 is 12.4 Å². The van der Waals surface area contributed by atoms with Crippen molar-refractivity contribution in [2.45, 2.75) is 63.5 Å². The molecule has 0 bridgehead atoms. The SMILES string of the molecule is Cl.O=C(NCCNC1CCCCCC1)c1cccc(NC(=O)C2CCCO2)c1. The van der Waals surface area contributed by atoms with Crippen molar-refractivity contribution in [3.05, 3.63) is 29.8 Å². The van der Waals surface area contributed by atoms with E-state index >= 15 is 0 Å². The van der Waals surface area contributed by atoms with Gasteiger partial charge in [-0.25, -0.2) is 0 Å². The lowest BCUT2D eigenvalue weighted by atomic mass is 10.1. The van der Waals surface area contributed by atoms with Gasteiger partial charge in [0.2, 0.25) is 0 Å². The van der Waals surface area contributed by atoms with E-state index in [0.717, 1.165) is 19.4 Å². The Balaban J connectivity index is 0.00000280. The minimum Gasteiger partial charge on any atom is -0.368 e. The van der Waals surface area contributed by atoms with Gasteiger partial charge in [-0.1, -0.05) is 31.7 Å². The Morgan fingerprint density at radius 2 is 1.79 bits per heavy atom. The average molecular weight is 410 g/mol. The van der Waals surface area contributed by atoms with Gasteiger partial charge in [0.25, 0.3) is 11.8 Å². The van der Waals surface area contributed by atoms with E-state index in [2.05, 4.69) is 16.0 Å². The van der Waals surface area contributed by atoms with Crippen molar-refractivity contribution in [3.63, 3.8) is 0 Å². The minimum absolute atomic E-state index is 0. The van der Waals surface area contributed by atoms with Crippen molar-refractivity contribution in [1.29, 1.82) is 0 Å². The number of ether oxygens (including phenoxy) is 1. The van der Waals surface area contributed by atoms with Gasteiger partial charge in [-0.3, -0.25) is 9.59 Å². The van der Waals surface area contributed by atoms with Gasteiger partial charge in [-0.05, 0) is 43.9 Å². The fourth-order valence-electron chi connectivity index (χ4n) is 3.78. The van der Waals surface area contributed by atoms with Crippen molar-refractivity contribution < 1.29 is 14.3 Å². The predicted octanol–water partition coefficient (Wildman–Crippen LogP) is 3.27. The summed E-state index contributed by atoms with van der Waals surface area (Å²) in [6.07, 6.45) is 9.04. The number of hydrogen-bond acceptors (Lipinski definition) is 4. The zero-order valence-electron chi connectivity index (χ0n) is 16.4. The molecule has 0 aromatic heterocycles. The van der Waals surface area contributed by atoms with Gasteiger partial charge < -0.3 is 20.7 Å². The van der Waals surface area contributed by atoms with Crippen LogP contribution in [0.25, 0.3) is 0 Å². The zero-order chi connectivity index (χ0) is 18.9. The third kappa shape index (κ3) is 7.08. The standard InChI is InChI=1S/C21H31N3O3.ClH/c25-20(23-13-12-22-17-8-3-1-2-4-9-17)16-7-5-10-18(15-16)24-21(26)19-11-6-14-27-19;/h5,7,10,15,17,19,22H,1-4,6,8-9,11-14H2,(H,23,25)(H,24,26);1H. The number of anilines is 1. The van der Waals surface area contributed by atoms with Gasteiger partial charge in [0.1, 0.15) is 6.10 Å². The van der Waals surface area contributed by atoms with Crippen molar-refractivity contribution >= 4 is 29.9 Å². The summed E-state index contributed by atoms with van der Waals surface area (Å²) in [5, 5.41) is 9.34. The van der Waals surface area contributed by atoms with Gasteiger partial charge in [0, 0.05) is 37.0 Å². The molecule has 1 aliphatic carbocycles. The molecule has 1 saturated carbocycles. The zero-order valence-corrected chi connectivity index (χ0v) is 17.2. The number of carbonyl (C=O) groups is 2. The number of carbonyl (C=O) groups excluding carboxylic acids is 2. The number of nitrogens with one attached hydrogen (secondary N) is 3.